The second-order valence-corrected chi connectivity index (χ2v) is 7.01. The van der Waals surface area contributed by atoms with Crippen LogP contribution in [0.4, 0.5) is 0 Å². The first-order valence-corrected chi connectivity index (χ1v) is 9.25. The first kappa shape index (κ1) is 17.7. The van der Waals surface area contributed by atoms with E-state index in [9.17, 15) is 4.79 Å². The molecular formula is C20H20ClN5O. The van der Waals surface area contributed by atoms with Crippen LogP contribution in [0.3, 0.4) is 0 Å². The molecule has 1 amide bonds. The zero-order valence-corrected chi connectivity index (χ0v) is 15.8. The highest BCUT2D eigenvalue weighted by Gasteiger charge is 2.24. The van der Waals surface area contributed by atoms with E-state index in [1.807, 2.05) is 47.4 Å². The van der Waals surface area contributed by atoms with Crippen molar-refractivity contribution in [2.24, 2.45) is 0 Å². The van der Waals surface area contributed by atoms with E-state index in [0.717, 1.165) is 30.0 Å². The van der Waals surface area contributed by atoms with E-state index >= 15 is 0 Å². The minimum absolute atomic E-state index is 0.0408. The first-order chi connectivity index (χ1) is 13.1. The number of piperazine rings is 1. The summed E-state index contributed by atoms with van der Waals surface area (Å²) in [4.78, 5) is 21.2. The molecule has 0 atom stereocenters. The number of hydrogen-bond acceptors (Lipinski definition) is 4. The largest absolute Gasteiger partial charge is 0.335 e. The molecule has 3 aromatic rings. The summed E-state index contributed by atoms with van der Waals surface area (Å²) in [5.74, 6) is -0.0408. The second kappa shape index (κ2) is 7.50. The van der Waals surface area contributed by atoms with Crippen molar-refractivity contribution in [2.75, 3.05) is 33.2 Å². The Bertz CT molecular complexity index is 931. The Hall–Kier alpha value is -2.70. The van der Waals surface area contributed by atoms with Crippen LogP contribution in [0, 0.1) is 0 Å². The Balaban J connectivity index is 1.73. The molecule has 0 saturated carbocycles. The topological polar surface area (TPSA) is 54.3 Å². The molecular weight excluding hydrogens is 362 g/mol. The number of aromatic nitrogens is 3. The van der Waals surface area contributed by atoms with Gasteiger partial charge in [-0.05, 0) is 25.2 Å². The lowest BCUT2D eigenvalue weighted by molar-refractivity contribution is 0.0657. The number of nitrogens with zero attached hydrogens (tertiary/aromatic N) is 5. The molecule has 1 aliphatic rings. The fourth-order valence-corrected chi connectivity index (χ4v) is 3.27. The average Bonchev–Trinajstić information content (AvgIpc) is 3.15. The minimum Gasteiger partial charge on any atom is -0.335 e. The van der Waals surface area contributed by atoms with E-state index in [1.54, 1.807) is 16.9 Å². The molecule has 27 heavy (non-hydrogen) atoms. The predicted molar refractivity (Wildman–Crippen MR) is 105 cm³/mol. The van der Waals surface area contributed by atoms with Crippen LogP contribution in [-0.2, 0) is 0 Å². The third-order valence-corrected chi connectivity index (χ3v) is 4.97. The van der Waals surface area contributed by atoms with E-state index in [0.29, 0.717) is 23.9 Å². The monoisotopic (exact) mass is 381 g/mol. The van der Waals surface area contributed by atoms with E-state index < -0.39 is 0 Å². The molecule has 0 bridgehead atoms. The maximum absolute atomic E-state index is 13.0. The highest BCUT2D eigenvalue weighted by atomic mass is 35.5. The number of carbonyl (C=O) groups excluding carboxylic acids is 1. The molecule has 7 heteroatoms. The summed E-state index contributed by atoms with van der Waals surface area (Å²) in [5.41, 5.74) is 3.03. The summed E-state index contributed by atoms with van der Waals surface area (Å²) in [6, 6.07) is 15.3. The number of likely N-dealkylation sites (N-methyl/N-ethyl adjacent to an activating group) is 1. The van der Waals surface area contributed by atoms with Crippen LogP contribution in [-0.4, -0.2) is 63.7 Å². The van der Waals surface area contributed by atoms with Crippen molar-refractivity contribution in [3.8, 4) is 16.9 Å². The molecule has 1 aromatic carbocycles. The molecule has 1 fully saturated rings. The second-order valence-electron chi connectivity index (χ2n) is 6.63. The number of carbonyl (C=O) groups is 1. The predicted octanol–water partition coefficient (Wildman–Crippen LogP) is 2.98. The number of hydrogen-bond donors (Lipinski definition) is 0. The molecule has 0 aliphatic carbocycles. The zero-order valence-electron chi connectivity index (χ0n) is 15.0. The Kier molecular flexibility index (Phi) is 4.92. The first-order valence-electron chi connectivity index (χ1n) is 8.87. The molecule has 4 rings (SSSR count). The molecule has 1 saturated heterocycles. The van der Waals surface area contributed by atoms with E-state index in [1.165, 1.54) is 0 Å². The van der Waals surface area contributed by atoms with Crippen LogP contribution >= 0.6 is 11.6 Å². The van der Waals surface area contributed by atoms with Crippen LogP contribution in [0.1, 0.15) is 10.5 Å². The molecule has 0 spiro atoms. The maximum atomic E-state index is 13.0. The van der Waals surface area contributed by atoms with Crippen molar-refractivity contribution in [1.82, 2.24) is 24.6 Å². The molecule has 138 valence electrons. The van der Waals surface area contributed by atoms with Crippen molar-refractivity contribution in [1.29, 1.82) is 0 Å². The normalized spacial score (nSPS) is 15.1. The van der Waals surface area contributed by atoms with Gasteiger partial charge in [0.1, 0.15) is 5.15 Å². The van der Waals surface area contributed by atoms with Gasteiger partial charge in [-0.1, -0.05) is 41.9 Å². The fourth-order valence-electron chi connectivity index (χ4n) is 3.16. The number of benzene rings is 1. The fraction of sp³-hybridized carbons (Fsp3) is 0.250. The third kappa shape index (κ3) is 3.72. The van der Waals surface area contributed by atoms with Crippen molar-refractivity contribution >= 4 is 17.5 Å². The summed E-state index contributed by atoms with van der Waals surface area (Å²) in [7, 11) is 2.07. The maximum Gasteiger partial charge on any atom is 0.274 e. The van der Waals surface area contributed by atoms with Crippen molar-refractivity contribution in [2.45, 2.75) is 0 Å². The van der Waals surface area contributed by atoms with Crippen LogP contribution in [0.2, 0.25) is 5.15 Å². The summed E-state index contributed by atoms with van der Waals surface area (Å²) >= 11 is 5.92. The van der Waals surface area contributed by atoms with Gasteiger partial charge in [-0.15, -0.1) is 0 Å². The molecule has 0 N–H and O–H groups in total. The van der Waals surface area contributed by atoms with Crippen LogP contribution in [0.15, 0.2) is 54.7 Å². The molecule has 0 unspecified atom stereocenters. The zero-order chi connectivity index (χ0) is 18.8. The lowest BCUT2D eigenvalue weighted by atomic mass is 10.1. The van der Waals surface area contributed by atoms with Crippen molar-refractivity contribution in [3.05, 3.63) is 65.6 Å². The van der Waals surface area contributed by atoms with Gasteiger partial charge >= 0.3 is 0 Å². The number of pyridine rings is 1. The summed E-state index contributed by atoms with van der Waals surface area (Å²) in [6.45, 7) is 3.18. The Morgan fingerprint density at radius 3 is 2.44 bits per heavy atom. The Morgan fingerprint density at radius 2 is 1.78 bits per heavy atom. The van der Waals surface area contributed by atoms with Crippen molar-refractivity contribution < 1.29 is 4.79 Å². The van der Waals surface area contributed by atoms with Crippen LogP contribution in [0.5, 0.6) is 0 Å². The van der Waals surface area contributed by atoms with Crippen LogP contribution in [0.25, 0.3) is 16.9 Å². The van der Waals surface area contributed by atoms with Gasteiger partial charge in [-0.3, -0.25) is 4.79 Å². The minimum atomic E-state index is -0.0408. The quantitative estimate of drug-likeness (QED) is 0.654. The lowest BCUT2D eigenvalue weighted by Crippen LogP contribution is -2.47. The van der Waals surface area contributed by atoms with E-state index in [4.69, 9.17) is 11.6 Å². The SMILES string of the molecule is CN1CCN(C(=O)c2cc(-c3ccccc3)n(-c3ccc(Cl)nc3)n2)CC1. The number of halogens is 1. The number of rotatable bonds is 3. The standard InChI is InChI=1S/C20H20ClN5O/c1-24-9-11-25(12-10-24)20(27)17-13-18(15-5-3-2-4-6-15)26(23-17)16-7-8-19(21)22-14-16/h2-8,13-14H,9-12H2,1H3. The molecule has 2 aromatic heterocycles. The Morgan fingerprint density at radius 1 is 1.04 bits per heavy atom. The summed E-state index contributed by atoms with van der Waals surface area (Å²) in [6.07, 6.45) is 1.66. The number of amides is 1. The highest BCUT2D eigenvalue weighted by molar-refractivity contribution is 6.29. The molecule has 6 nitrogen and oxygen atoms in total. The van der Waals surface area contributed by atoms with Gasteiger partial charge in [0.2, 0.25) is 0 Å². The smallest absolute Gasteiger partial charge is 0.274 e. The third-order valence-electron chi connectivity index (χ3n) is 4.74. The van der Waals surface area contributed by atoms with Gasteiger partial charge in [0.25, 0.3) is 5.91 Å². The van der Waals surface area contributed by atoms with Gasteiger partial charge in [-0.25, -0.2) is 9.67 Å². The summed E-state index contributed by atoms with van der Waals surface area (Å²) < 4.78 is 1.75. The van der Waals surface area contributed by atoms with E-state index in [2.05, 4.69) is 22.0 Å². The van der Waals surface area contributed by atoms with Gasteiger partial charge in [0.15, 0.2) is 5.69 Å². The van der Waals surface area contributed by atoms with Gasteiger partial charge in [0.05, 0.1) is 17.6 Å². The molecule has 3 heterocycles. The van der Waals surface area contributed by atoms with E-state index in [-0.39, 0.29) is 5.91 Å². The van der Waals surface area contributed by atoms with Gasteiger partial charge in [-0.2, -0.15) is 5.10 Å². The highest BCUT2D eigenvalue weighted by Crippen LogP contribution is 2.25. The Labute approximate surface area is 163 Å². The van der Waals surface area contributed by atoms with Crippen molar-refractivity contribution in [3.63, 3.8) is 0 Å². The molecule has 0 radical (unpaired) electrons. The van der Waals surface area contributed by atoms with Crippen LogP contribution < -0.4 is 0 Å². The molecule has 1 aliphatic heterocycles. The van der Waals surface area contributed by atoms with Gasteiger partial charge in [0, 0.05) is 31.7 Å². The average molecular weight is 382 g/mol. The lowest BCUT2D eigenvalue weighted by Gasteiger charge is -2.31. The van der Waals surface area contributed by atoms with Gasteiger partial charge < -0.3 is 9.80 Å². The summed E-state index contributed by atoms with van der Waals surface area (Å²) in [5, 5.41) is 5.03.